The van der Waals surface area contributed by atoms with E-state index in [1.807, 2.05) is 18.2 Å². The van der Waals surface area contributed by atoms with Gasteiger partial charge in [-0.15, -0.1) is 0 Å². The molecule has 204 valence electrons. The predicted molar refractivity (Wildman–Crippen MR) is 184 cm³/mol. The first-order chi connectivity index (χ1) is 21.8. The molecular weight excluding hydrogens is 534 g/mol. The number of aromatic nitrogens is 3. The quantitative estimate of drug-likeness (QED) is 0.202. The lowest BCUT2D eigenvalue weighted by atomic mass is 9.96. The third kappa shape index (κ3) is 3.94. The zero-order valence-corrected chi connectivity index (χ0v) is 23.8. The molecule has 0 bridgehead atoms. The Labute approximate surface area is 254 Å². The summed E-state index contributed by atoms with van der Waals surface area (Å²) in [7, 11) is 0. The molecule has 1 aromatic heterocycles. The van der Waals surface area contributed by atoms with Crippen molar-refractivity contribution in [2.75, 3.05) is 0 Å². The topological polar surface area (TPSA) is 38.7 Å². The van der Waals surface area contributed by atoms with Crippen LogP contribution in [0.3, 0.4) is 0 Å². The minimum Gasteiger partial charge on any atom is -0.208 e. The van der Waals surface area contributed by atoms with E-state index in [1.165, 1.54) is 48.5 Å². The molecule has 0 radical (unpaired) electrons. The van der Waals surface area contributed by atoms with Gasteiger partial charge in [0.05, 0.1) is 0 Å². The highest BCUT2D eigenvalue weighted by molar-refractivity contribution is 6.17. The highest BCUT2D eigenvalue weighted by atomic mass is 15.0. The molecule has 0 unspecified atom stereocenters. The van der Waals surface area contributed by atoms with Gasteiger partial charge in [-0.3, -0.25) is 0 Å². The molecule has 0 atom stereocenters. The van der Waals surface area contributed by atoms with Gasteiger partial charge in [0.1, 0.15) is 0 Å². The molecule has 0 aliphatic carbocycles. The van der Waals surface area contributed by atoms with Crippen molar-refractivity contribution >= 4 is 53.9 Å². The van der Waals surface area contributed by atoms with Crippen LogP contribution >= 0.6 is 0 Å². The maximum atomic E-state index is 5.14. The Balaban J connectivity index is 1.29. The number of nitrogens with zero attached hydrogens (tertiary/aromatic N) is 3. The number of hydrogen-bond donors (Lipinski definition) is 0. The summed E-state index contributed by atoms with van der Waals surface area (Å²) in [5, 5.41) is 12.1. The summed E-state index contributed by atoms with van der Waals surface area (Å²) in [5.41, 5.74) is 2.91. The van der Waals surface area contributed by atoms with E-state index in [2.05, 4.69) is 133 Å². The first-order valence-electron chi connectivity index (χ1n) is 14.9. The Kier molecular flexibility index (Phi) is 5.50. The van der Waals surface area contributed by atoms with E-state index in [0.717, 1.165) is 22.1 Å². The van der Waals surface area contributed by atoms with Gasteiger partial charge >= 0.3 is 0 Å². The van der Waals surface area contributed by atoms with Crippen molar-refractivity contribution < 1.29 is 0 Å². The molecule has 0 spiro atoms. The van der Waals surface area contributed by atoms with E-state index in [1.54, 1.807) is 0 Å². The van der Waals surface area contributed by atoms with Crippen molar-refractivity contribution in [2.24, 2.45) is 0 Å². The van der Waals surface area contributed by atoms with Crippen molar-refractivity contribution in [3.8, 4) is 34.2 Å². The Bertz CT molecular complexity index is 2550. The maximum Gasteiger partial charge on any atom is 0.164 e. The molecule has 0 aliphatic rings. The van der Waals surface area contributed by atoms with Crippen molar-refractivity contribution in [1.82, 2.24) is 15.0 Å². The molecule has 3 nitrogen and oxygen atoms in total. The van der Waals surface area contributed by atoms with Crippen molar-refractivity contribution in [3.63, 3.8) is 0 Å². The number of benzene rings is 8. The fourth-order valence-electron chi connectivity index (χ4n) is 6.53. The fourth-order valence-corrected chi connectivity index (χ4v) is 6.53. The van der Waals surface area contributed by atoms with Crippen LogP contribution < -0.4 is 0 Å². The standard InChI is InChI=1S/C41H25N3/c1-2-11-29(12-3-1)39-42-40(44-41(43-39)37-16-8-15-33-31-13-6-4-9-26(31)19-23-35(33)37)30-18-17-28-21-22-34-32-14-7-5-10-27(32)20-24-36(34)38(28)25-30/h1-25H. The van der Waals surface area contributed by atoms with E-state index in [9.17, 15) is 0 Å². The average Bonchev–Trinajstić information content (AvgIpc) is 3.11. The van der Waals surface area contributed by atoms with Gasteiger partial charge in [-0.2, -0.15) is 0 Å². The Morgan fingerprint density at radius 2 is 0.773 bits per heavy atom. The molecular formula is C41H25N3. The largest absolute Gasteiger partial charge is 0.208 e. The Morgan fingerprint density at radius 1 is 0.273 bits per heavy atom. The summed E-state index contributed by atoms with van der Waals surface area (Å²) in [4.78, 5) is 15.2. The summed E-state index contributed by atoms with van der Waals surface area (Å²) < 4.78 is 0. The van der Waals surface area contributed by atoms with Crippen LogP contribution in [-0.4, -0.2) is 15.0 Å². The summed E-state index contributed by atoms with van der Waals surface area (Å²) in [6.45, 7) is 0. The van der Waals surface area contributed by atoms with Crippen LogP contribution in [0, 0.1) is 0 Å². The highest BCUT2D eigenvalue weighted by Crippen LogP contribution is 2.36. The average molecular weight is 560 g/mol. The summed E-state index contributed by atoms with van der Waals surface area (Å²) >= 11 is 0. The van der Waals surface area contributed by atoms with Crippen LogP contribution in [0.15, 0.2) is 152 Å². The number of hydrogen-bond acceptors (Lipinski definition) is 3. The molecule has 0 saturated heterocycles. The second kappa shape index (κ2) is 9.82. The lowest BCUT2D eigenvalue weighted by molar-refractivity contribution is 1.08. The monoisotopic (exact) mass is 559 g/mol. The van der Waals surface area contributed by atoms with Gasteiger partial charge in [-0.05, 0) is 59.9 Å². The molecule has 3 heteroatoms. The summed E-state index contributed by atoms with van der Waals surface area (Å²) in [6.07, 6.45) is 0. The lowest BCUT2D eigenvalue weighted by Gasteiger charge is -2.12. The third-order valence-electron chi connectivity index (χ3n) is 8.70. The molecule has 8 aromatic carbocycles. The number of fused-ring (bicyclic) bond motifs is 8. The van der Waals surface area contributed by atoms with Gasteiger partial charge in [-0.1, -0.05) is 146 Å². The number of rotatable bonds is 3. The lowest BCUT2D eigenvalue weighted by Crippen LogP contribution is -2.00. The molecule has 0 fully saturated rings. The van der Waals surface area contributed by atoms with Gasteiger partial charge in [0.15, 0.2) is 17.5 Å². The van der Waals surface area contributed by atoms with E-state index in [4.69, 9.17) is 15.0 Å². The molecule has 44 heavy (non-hydrogen) atoms. The van der Waals surface area contributed by atoms with Crippen LogP contribution in [-0.2, 0) is 0 Å². The maximum absolute atomic E-state index is 5.14. The summed E-state index contributed by atoms with van der Waals surface area (Å²) in [6, 6.07) is 53.4. The van der Waals surface area contributed by atoms with Gasteiger partial charge in [0.2, 0.25) is 0 Å². The van der Waals surface area contributed by atoms with Crippen LogP contribution in [0.1, 0.15) is 0 Å². The fraction of sp³-hybridized carbons (Fsp3) is 0. The Morgan fingerprint density at radius 3 is 1.50 bits per heavy atom. The molecule has 9 rings (SSSR count). The molecule has 0 saturated carbocycles. The molecule has 0 N–H and O–H groups in total. The van der Waals surface area contributed by atoms with E-state index < -0.39 is 0 Å². The molecule has 0 amide bonds. The van der Waals surface area contributed by atoms with E-state index in [-0.39, 0.29) is 0 Å². The second-order valence-electron chi connectivity index (χ2n) is 11.2. The van der Waals surface area contributed by atoms with Crippen molar-refractivity contribution in [2.45, 2.75) is 0 Å². The van der Waals surface area contributed by atoms with Crippen molar-refractivity contribution in [1.29, 1.82) is 0 Å². The second-order valence-corrected chi connectivity index (χ2v) is 11.2. The van der Waals surface area contributed by atoms with Crippen LogP contribution in [0.25, 0.3) is 88.0 Å². The molecule has 0 aliphatic heterocycles. The van der Waals surface area contributed by atoms with E-state index in [0.29, 0.717) is 17.5 Å². The smallest absolute Gasteiger partial charge is 0.164 e. The van der Waals surface area contributed by atoms with Gasteiger partial charge in [-0.25, -0.2) is 15.0 Å². The zero-order valence-electron chi connectivity index (χ0n) is 23.8. The first-order valence-corrected chi connectivity index (χ1v) is 14.9. The Hall–Kier alpha value is -5.93. The van der Waals surface area contributed by atoms with Crippen molar-refractivity contribution in [3.05, 3.63) is 152 Å². The van der Waals surface area contributed by atoms with Crippen LogP contribution in [0.4, 0.5) is 0 Å². The summed E-state index contributed by atoms with van der Waals surface area (Å²) in [5.74, 6) is 1.98. The van der Waals surface area contributed by atoms with Gasteiger partial charge in [0, 0.05) is 16.7 Å². The third-order valence-corrected chi connectivity index (χ3v) is 8.70. The highest BCUT2D eigenvalue weighted by Gasteiger charge is 2.16. The van der Waals surface area contributed by atoms with Crippen LogP contribution in [0.2, 0.25) is 0 Å². The van der Waals surface area contributed by atoms with E-state index >= 15 is 0 Å². The van der Waals surface area contributed by atoms with Gasteiger partial charge in [0.25, 0.3) is 0 Å². The van der Waals surface area contributed by atoms with Crippen LogP contribution in [0.5, 0.6) is 0 Å². The molecule has 1 heterocycles. The normalized spacial score (nSPS) is 11.6. The zero-order chi connectivity index (χ0) is 29.0. The van der Waals surface area contributed by atoms with Gasteiger partial charge < -0.3 is 0 Å². The predicted octanol–water partition coefficient (Wildman–Crippen LogP) is 10.6. The first kappa shape index (κ1) is 24.6. The molecule has 9 aromatic rings. The minimum absolute atomic E-state index is 0.659. The SMILES string of the molecule is c1ccc(-c2nc(-c3ccc4ccc5c6ccccc6ccc5c4c3)nc(-c3cccc4c3ccc3ccccc34)n2)cc1. The minimum atomic E-state index is 0.659.